The van der Waals surface area contributed by atoms with E-state index in [2.05, 4.69) is 60.9 Å². The second-order valence-corrected chi connectivity index (χ2v) is 5.36. The predicted octanol–water partition coefficient (Wildman–Crippen LogP) is 3.15. The van der Waals surface area contributed by atoms with Crippen molar-refractivity contribution in [2.45, 2.75) is 19.9 Å². The molecule has 1 amide bonds. The van der Waals surface area contributed by atoms with Gasteiger partial charge in [-0.3, -0.25) is 4.79 Å². The van der Waals surface area contributed by atoms with Gasteiger partial charge < -0.3 is 10.6 Å². The fourth-order valence-electron chi connectivity index (χ4n) is 2.43. The minimum atomic E-state index is -0.120. The number of likely N-dealkylation sites (N-methyl/N-ethyl adjacent to an activating group) is 1. The van der Waals surface area contributed by atoms with Crippen LogP contribution in [0.5, 0.6) is 0 Å². The number of rotatable bonds is 5. The zero-order chi connectivity index (χ0) is 15.2. The first-order chi connectivity index (χ1) is 10.1. The van der Waals surface area contributed by atoms with Crippen LogP contribution in [0.3, 0.4) is 0 Å². The van der Waals surface area contributed by atoms with Crippen molar-refractivity contribution in [3.8, 4) is 0 Å². The first-order valence-electron chi connectivity index (χ1n) is 7.17. The summed E-state index contributed by atoms with van der Waals surface area (Å²) in [6.45, 7) is 4.44. The molecule has 0 aliphatic rings. The number of carbonyl (C=O) groups excluding carboxylic acids is 1. The van der Waals surface area contributed by atoms with Crippen molar-refractivity contribution in [3.63, 3.8) is 0 Å². The third-order valence-corrected chi connectivity index (χ3v) is 3.39. The van der Waals surface area contributed by atoms with E-state index in [-0.39, 0.29) is 24.4 Å². The third-order valence-electron chi connectivity index (χ3n) is 3.39. The predicted molar refractivity (Wildman–Crippen MR) is 93.5 cm³/mol. The van der Waals surface area contributed by atoms with Gasteiger partial charge in [0.15, 0.2) is 0 Å². The summed E-state index contributed by atoms with van der Waals surface area (Å²) in [5, 5.41) is 5.99. The molecule has 118 valence electrons. The highest BCUT2D eigenvalue weighted by molar-refractivity contribution is 5.85. The number of nitrogens with one attached hydrogen (secondary N) is 2. The number of benzene rings is 2. The Kier molecular flexibility index (Phi) is 7.09. The summed E-state index contributed by atoms with van der Waals surface area (Å²) in [6, 6.07) is 16.4. The molecule has 0 unspecified atom stereocenters. The minimum absolute atomic E-state index is 0. The zero-order valence-electron chi connectivity index (χ0n) is 13.2. The van der Waals surface area contributed by atoms with Crippen LogP contribution in [0.2, 0.25) is 0 Å². The number of carbonyl (C=O) groups is 1. The van der Waals surface area contributed by atoms with Gasteiger partial charge >= 0.3 is 0 Å². The minimum Gasteiger partial charge on any atom is -0.344 e. The molecular formula is C18H23ClN2O. The van der Waals surface area contributed by atoms with Crippen LogP contribution in [0.15, 0.2) is 48.5 Å². The van der Waals surface area contributed by atoms with Gasteiger partial charge in [-0.05, 0) is 32.0 Å². The Hall–Kier alpha value is -1.84. The topological polar surface area (TPSA) is 41.1 Å². The number of hydrogen-bond donors (Lipinski definition) is 2. The average Bonchev–Trinajstić information content (AvgIpc) is 2.45. The Morgan fingerprint density at radius 2 is 1.50 bits per heavy atom. The zero-order valence-corrected chi connectivity index (χ0v) is 14.0. The molecule has 0 saturated carbocycles. The van der Waals surface area contributed by atoms with Gasteiger partial charge in [-0.2, -0.15) is 0 Å². The lowest BCUT2D eigenvalue weighted by Gasteiger charge is -2.21. The van der Waals surface area contributed by atoms with E-state index in [1.165, 1.54) is 11.1 Å². The van der Waals surface area contributed by atoms with Gasteiger partial charge in [-0.25, -0.2) is 0 Å². The summed E-state index contributed by atoms with van der Waals surface area (Å²) in [6.07, 6.45) is 0. The molecule has 0 saturated heterocycles. The lowest BCUT2D eigenvalue weighted by molar-refractivity contribution is -0.120. The molecule has 2 rings (SSSR count). The smallest absolute Gasteiger partial charge is 0.234 e. The highest BCUT2D eigenvalue weighted by Gasteiger charge is 2.16. The van der Waals surface area contributed by atoms with E-state index in [0.29, 0.717) is 6.54 Å². The van der Waals surface area contributed by atoms with Crippen molar-refractivity contribution >= 4 is 18.3 Å². The van der Waals surface area contributed by atoms with Crippen LogP contribution in [0.25, 0.3) is 0 Å². The maximum Gasteiger partial charge on any atom is 0.234 e. The molecule has 0 heterocycles. The van der Waals surface area contributed by atoms with Gasteiger partial charge in [0.1, 0.15) is 0 Å². The fourth-order valence-corrected chi connectivity index (χ4v) is 2.43. The largest absolute Gasteiger partial charge is 0.344 e. The monoisotopic (exact) mass is 318 g/mol. The maximum atomic E-state index is 12.0. The van der Waals surface area contributed by atoms with E-state index < -0.39 is 0 Å². The maximum absolute atomic E-state index is 12.0. The van der Waals surface area contributed by atoms with E-state index >= 15 is 0 Å². The number of hydrogen-bond acceptors (Lipinski definition) is 2. The normalized spacial score (nSPS) is 10.2. The third kappa shape index (κ3) is 4.86. The average molecular weight is 319 g/mol. The molecule has 2 aromatic carbocycles. The first-order valence-corrected chi connectivity index (χ1v) is 7.17. The molecule has 0 radical (unpaired) electrons. The summed E-state index contributed by atoms with van der Waals surface area (Å²) in [5.74, 6) is -0.00878. The molecule has 3 nitrogen and oxygen atoms in total. The summed E-state index contributed by atoms with van der Waals surface area (Å²) >= 11 is 0. The van der Waals surface area contributed by atoms with E-state index in [9.17, 15) is 4.79 Å². The Bertz CT molecular complexity index is 582. The highest BCUT2D eigenvalue weighted by atomic mass is 35.5. The quantitative estimate of drug-likeness (QED) is 0.889. The molecule has 22 heavy (non-hydrogen) atoms. The molecule has 0 atom stereocenters. The molecule has 0 spiro atoms. The Labute approximate surface area is 138 Å². The van der Waals surface area contributed by atoms with Crippen LogP contribution < -0.4 is 10.6 Å². The van der Waals surface area contributed by atoms with Gasteiger partial charge in [0.2, 0.25) is 5.91 Å². The number of aryl methyl sites for hydroxylation is 2. The second kappa shape index (κ2) is 8.57. The summed E-state index contributed by atoms with van der Waals surface area (Å²) in [5.41, 5.74) is 4.58. The lowest BCUT2D eigenvalue weighted by atomic mass is 9.96. The summed E-state index contributed by atoms with van der Waals surface area (Å²) in [4.78, 5) is 12.0. The molecule has 0 bridgehead atoms. The molecule has 0 fully saturated rings. The van der Waals surface area contributed by atoms with Crippen molar-refractivity contribution in [3.05, 3.63) is 70.8 Å². The van der Waals surface area contributed by atoms with Crippen molar-refractivity contribution in [1.82, 2.24) is 10.6 Å². The van der Waals surface area contributed by atoms with E-state index in [1.807, 2.05) is 12.1 Å². The van der Waals surface area contributed by atoms with Crippen LogP contribution in [0.4, 0.5) is 0 Å². The number of amides is 1. The fraction of sp³-hybridized carbons (Fsp3) is 0.278. The van der Waals surface area contributed by atoms with Gasteiger partial charge in [0.05, 0.1) is 12.6 Å². The Morgan fingerprint density at radius 3 is 1.91 bits per heavy atom. The molecule has 2 aromatic rings. The van der Waals surface area contributed by atoms with Crippen LogP contribution in [-0.4, -0.2) is 19.5 Å². The van der Waals surface area contributed by atoms with E-state index in [1.54, 1.807) is 7.05 Å². The highest BCUT2D eigenvalue weighted by Crippen LogP contribution is 2.23. The lowest BCUT2D eigenvalue weighted by Crippen LogP contribution is -2.35. The standard InChI is InChI=1S/C18H22N2O.ClH/c1-13-6-4-8-15(10-13)18(20-17(21)12-19-3)16-9-5-7-14(2)11-16;/h4-11,18-19H,12H2,1-3H3,(H,20,21);1H. The van der Waals surface area contributed by atoms with Crippen LogP contribution in [0, 0.1) is 13.8 Å². The van der Waals surface area contributed by atoms with Crippen molar-refractivity contribution in [2.24, 2.45) is 0 Å². The van der Waals surface area contributed by atoms with Crippen LogP contribution in [0.1, 0.15) is 28.3 Å². The molecule has 2 N–H and O–H groups in total. The van der Waals surface area contributed by atoms with Crippen LogP contribution in [-0.2, 0) is 4.79 Å². The summed E-state index contributed by atoms with van der Waals surface area (Å²) < 4.78 is 0. The van der Waals surface area contributed by atoms with Crippen LogP contribution >= 0.6 is 12.4 Å². The number of halogens is 1. The van der Waals surface area contributed by atoms with Gasteiger partial charge in [0, 0.05) is 0 Å². The van der Waals surface area contributed by atoms with Crippen molar-refractivity contribution in [2.75, 3.05) is 13.6 Å². The summed E-state index contributed by atoms with van der Waals surface area (Å²) in [7, 11) is 1.77. The Morgan fingerprint density at radius 1 is 1.00 bits per heavy atom. The first kappa shape index (κ1) is 18.2. The molecular weight excluding hydrogens is 296 g/mol. The SMILES string of the molecule is CNCC(=O)NC(c1cccc(C)c1)c1cccc(C)c1.Cl. The second-order valence-electron chi connectivity index (χ2n) is 5.36. The van der Waals surface area contributed by atoms with Gasteiger partial charge in [-0.15, -0.1) is 12.4 Å². The molecule has 4 heteroatoms. The van der Waals surface area contributed by atoms with Crippen molar-refractivity contribution in [1.29, 1.82) is 0 Å². The molecule has 0 aliphatic heterocycles. The van der Waals surface area contributed by atoms with E-state index in [0.717, 1.165) is 11.1 Å². The van der Waals surface area contributed by atoms with E-state index in [4.69, 9.17) is 0 Å². The Balaban J connectivity index is 0.00000242. The molecule has 0 aliphatic carbocycles. The molecule has 0 aromatic heterocycles. The van der Waals surface area contributed by atoms with Gasteiger partial charge in [0.25, 0.3) is 0 Å². The van der Waals surface area contributed by atoms with Gasteiger partial charge in [-0.1, -0.05) is 59.7 Å². The van der Waals surface area contributed by atoms with Crippen molar-refractivity contribution < 1.29 is 4.79 Å².